The molecule has 0 amide bonds. The van der Waals surface area contributed by atoms with Gasteiger partial charge in [0.1, 0.15) is 11.7 Å². The van der Waals surface area contributed by atoms with Crippen LogP contribution >= 0.6 is 0 Å². The maximum Gasteiger partial charge on any atom is 0.193 e. The van der Waals surface area contributed by atoms with E-state index < -0.39 is 11.4 Å². The van der Waals surface area contributed by atoms with E-state index in [1.54, 1.807) is 14.2 Å². The van der Waals surface area contributed by atoms with Crippen molar-refractivity contribution in [3.63, 3.8) is 0 Å². The molecule has 1 fully saturated rings. The van der Waals surface area contributed by atoms with Crippen LogP contribution in [0.5, 0.6) is 0 Å². The van der Waals surface area contributed by atoms with Crippen LogP contribution in [-0.2, 0) is 18.9 Å². The van der Waals surface area contributed by atoms with Crippen LogP contribution in [0.4, 0.5) is 0 Å². The Bertz CT molecular complexity index is 274. The number of rotatable bonds is 13. The van der Waals surface area contributed by atoms with Crippen molar-refractivity contribution in [2.24, 2.45) is 0 Å². The molecule has 2 unspecified atom stereocenters. The predicted octanol–water partition coefficient (Wildman–Crippen LogP) is 3.92. The highest BCUT2D eigenvalue weighted by Gasteiger charge is 2.47. The summed E-state index contributed by atoms with van der Waals surface area (Å²) in [5, 5.41) is 0. The second-order valence-electron chi connectivity index (χ2n) is 6.37. The Morgan fingerprint density at radius 3 is 2.10 bits per heavy atom. The van der Waals surface area contributed by atoms with Crippen LogP contribution in [0.3, 0.4) is 0 Å². The van der Waals surface area contributed by atoms with E-state index in [4.69, 9.17) is 18.9 Å². The molecular weight excluding hydrogens is 268 g/mol. The molecule has 126 valence electrons. The van der Waals surface area contributed by atoms with E-state index in [9.17, 15) is 0 Å². The minimum absolute atomic E-state index is 0.256. The number of ether oxygens (including phenoxy) is 4. The molecule has 1 rings (SSSR count). The number of unbranched alkanes of at least 4 members (excludes halogenated alkanes) is 5. The molecule has 0 spiro atoms. The largest absolute Gasteiger partial charge is 0.371 e. The third-order valence-electron chi connectivity index (χ3n) is 4.74. The maximum absolute atomic E-state index is 6.15. The first-order chi connectivity index (χ1) is 10.0. The molecule has 0 saturated carbocycles. The molecule has 21 heavy (non-hydrogen) atoms. The van der Waals surface area contributed by atoms with E-state index in [1.165, 1.54) is 32.1 Å². The van der Waals surface area contributed by atoms with Gasteiger partial charge in [-0.15, -0.1) is 0 Å². The molecule has 0 radical (unpaired) electrons. The van der Waals surface area contributed by atoms with Crippen molar-refractivity contribution < 1.29 is 18.9 Å². The molecule has 4 nitrogen and oxygen atoms in total. The Kier molecular flexibility index (Phi) is 8.17. The van der Waals surface area contributed by atoms with E-state index >= 15 is 0 Å². The van der Waals surface area contributed by atoms with Crippen molar-refractivity contribution in [2.75, 3.05) is 27.4 Å². The average molecular weight is 302 g/mol. The summed E-state index contributed by atoms with van der Waals surface area (Å²) in [5.74, 6) is -0.731. The Morgan fingerprint density at radius 2 is 1.57 bits per heavy atom. The average Bonchev–Trinajstić information content (AvgIpc) is 3.32. The standard InChI is InChI=1S/C17H34O4/c1-6-7-8-9-10-11-12-16(2,17(3,18-4)19-5)21-14-15-13-20-15/h15H,6-14H2,1-5H3. The normalized spacial score (nSPS) is 21.3. The molecule has 0 N–H and O–H groups in total. The van der Waals surface area contributed by atoms with Gasteiger partial charge in [0.15, 0.2) is 5.79 Å². The number of methoxy groups -OCH3 is 2. The van der Waals surface area contributed by atoms with Gasteiger partial charge in [-0.25, -0.2) is 0 Å². The topological polar surface area (TPSA) is 40.2 Å². The van der Waals surface area contributed by atoms with Gasteiger partial charge in [0, 0.05) is 14.2 Å². The molecular formula is C17H34O4. The van der Waals surface area contributed by atoms with Crippen molar-refractivity contribution in [3.05, 3.63) is 0 Å². The number of epoxide rings is 1. The van der Waals surface area contributed by atoms with Gasteiger partial charge in [-0.2, -0.15) is 0 Å². The Morgan fingerprint density at radius 1 is 1.00 bits per heavy atom. The molecule has 0 aromatic heterocycles. The van der Waals surface area contributed by atoms with Crippen LogP contribution in [0.25, 0.3) is 0 Å². The van der Waals surface area contributed by atoms with E-state index in [0.29, 0.717) is 6.61 Å². The molecule has 1 aliphatic rings. The van der Waals surface area contributed by atoms with E-state index in [0.717, 1.165) is 19.4 Å². The summed E-state index contributed by atoms with van der Waals surface area (Å²) in [6, 6.07) is 0. The van der Waals surface area contributed by atoms with Crippen molar-refractivity contribution in [1.82, 2.24) is 0 Å². The highest BCUT2D eigenvalue weighted by Crippen LogP contribution is 2.35. The SMILES string of the molecule is CCCCCCCCC(C)(OCC1CO1)C(C)(OC)OC. The van der Waals surface area contributed by atoms with Gasteiger partial charge in [0.05, 0.1) is 13.2 Å². The summed E-state index contributed by atoms with van der Waals surface area (Å²) in [6.07, 6.45) is 8.81. The van der Waals surface area contributed by atoms with Gasteiger partial charge < -0.3 is 18.9 Å². The fraction of sp³-hybridized carbons (Fsp3) is 1.00. The highest BCUT2D eigenvalue weighted by atomic mass is 16.7. The van der Waals surface area contributed by atoms with Crippen LogP contribution in [0, 0.1) is 0 Å². The lowest BCUT2D eigenvalue weighted by atomic mass is 9.89. The van der Waals surface area contributed by atoms with Crippen molar-refractivity contribution in [2.45, 2.75) is 83.2 Å². The van der Waals surface area contributed by atoms with Crippen LogP contribution in [0.2, 0.25) is 0 Å². The van der Waals surface area contributed by atoms with Crippen molar-refractivity contribution >= 4 is 0 Å². The van der Waals surface area contributed by atoms with Crippen LogP contribution in [0.1, 0.15) is 65.7 Å². The van der Waals surface area contributed by atoms with Crippen molar-refractivity contribution in [3.8, 4) is 0 Å². The van der Waals surface area contributed by atoms with Gasteiger partial charge in [-0.1, -0.05) is 45.4 Å². The molecule has 1 heterocycles. The lowest BCUT2D eigenvalue weighted by Gasteiger charge is -2.44. The summed E-state index contributed by atoms with van der Waals surface area (Å²) >= 11 is 0. The third-order valence-corrected chi connectivity index (χ3v) is 4.74. The van der Waals surface area contributed by atoms with E-state index in [2.05, 4.69) is 13.8 Å². The first kappa shape index (κ1) is 18.9. The Labute approximate surface area is 130 Å². The molecule has 4 heteroatoms. The van der Waals surface area contributed by atoms with Gasteiger partial charge in [-0.05, 0) is 20.3 Å². The van der Waals surface area contributed by atoms with E-state index in [1.807, 2.05) is 6.92 Å². The highest BCUT2D eigenvalue weighted by molar-refractivity contribution is 4.90. The quantitative estimate of drug-likeness (QED) is 0.294. The minimum atomic E-state index is -0.731. The zero-order valence-corrected chi connectivity index (χ0v) is 14.6. The van der Waals surface area contributed by atoms with Crippen LogP contribution < -0.4 is 0 Å². The van der Waals surface area contributed by atoms with Gasteiger partial charge in [0.25, 0.3) is 0 Å². The fourth-order valence-electron chi connectivity index (χ4n) is 2.63. The molecule has 0 bridgehead atoms. The smallest absolute Gasteiger partial charge is 0.193 e. The summed E-state index contributed by atoms with van der Waals surface area (Å²) in [6.45, 7) is 7.72. The van der Waals surface area contributed by atoms with Crippen LogP contribution in [-0.4, -0.2) is 44.9 Å². The molecule has 1 saturated heterocycles. The number of hydrogen-bond donors (Lipinski definition) is 0. The maximum atomic E-state index is 6.15. The molecule has 0 aromatic carbocycles. The monoisotopic (exact) mass is 302 g/mol. The predicted molar refractivity (Wildman–Crippen MR) is 84.5 cm³/mol. The minimum Gasteiger partial charge on any atom is -0.371 e. The summed E-state index contributed by atoms with van der Waals surface area (Å²) in [4.78, 5) is 0. The van der Waals surface area contributed by atoms with E-state index in [-0.39, 0.29) is 6.10 Å². The third kappa shape index (κ3) is 5.85. The lowest BCUT2D eigenvalue weighted by Crippen LogP contribution is -2.55. The Balaban J connectivity index is 2.46. The summed E-state index contributed by atoms with van der Waals surface area (Å²) in [7, 11) is 3.36. The fourth-order valence-corrected chi connectivity index (χ4v) is 2.63. The first-order valence-corrected chi connectivity index (χ1v) is 8.37. The second-order valence-corrected chi connectivity index (χ2v) is 6.37. The zero-order chi connectivity index (χ0) is 15.8. The summed E-state index contributed by atoms with van der Waals surface area (Å²) in [5.41, 5.74) is -0.451. The lowest BCUT2D eigenvalue weighted by molar-refractivity contribution is -0.301. The summed E-state index contributed by atoms with van der Waals surface area (Å²) < 4.78 is 22.6. The molecule has 0 aromatic rings. The van der Waals surface area contributed by atoms with Gasteiger partial charge >= 0.3 is 0 Å². The first-order valence-electron chi connectivity index (χ1n) is 8.37. The van der Waals surface area contributed by atoms with Gasteiger partial charge in [-0.3, -0.25) is 0 Å². The molecule has 1 aliphatic heterocycles. The second kappa shape index (κ2) is 9.09. The zero-order valence-electron chi connectivity index (χ0n) is 14.6. The van der Waals surface area contributed by atoms with Crippen LogP contribution in [0.15, 0.2) is 0 Å². The Hall–Kier alpha value is -0.160. The molecule has 2 atom stereocenters. The van der Waals surface area contributed by atoms with Gasteiger partial charge in [0.2, 0.25) is 0 Å². The number of hydrogen-bond acceptors (Lipinski definition) is 4. The molecule has 0 aliphatic carbocycles. The van der Waals surface area contributed by atoms with Crippen molar-refractivity contribution in [1.29, 1.82) is 0 Å².